The third-order valence-corrected chi connectivity index (χ3v) is 7.23. The minimum atomic E-state index is -0.169. The third-order valence-electron chi connectivity index (χ3n) is 7.23. The van der Waals surface area contributed by atoms with E-state index in [2.05, 4.69) is 43.9 Å². The van der Waals surface area contributed by atoms with Gasteiger partial charge in [0, 0.05) is 43.7 Å². The second kappa shape index (κ2) is 8.45. The molecule has 2 amide bonds. The van der Waals surface area contributed by atoms with E-state index >= 15 is 0 Å². The number of anilines is 1. The molecule has 0 saturated carbocycles. The van der Waals surface area contributed by atoms with Gasteiger partial charge in [-0.1, -0.05) is 39.0 Å². The molecule has 1 aromatic carbocycles. The lowest BCUT2D eigenvalue weighted by Gasteiger charge is -2.45. The normalized spacial score (nSPS) is 21.9. The van der Waals surface area contributed by atoms with Gasteiger partial charge in [-0.15, -0.1) is 0 Å². The number of para-hydroxylation sites is 1. The van der Waals surface area contributed by atoms with Gasteiger partial charge < -0.3 is 19.4 Å². The van der Waals surface area contributed by atoms with Gasteiger partial charge in [-0.05, 0) is 55.8 Å². The van der Waals surface area contributed by atoms with Crippen LogP contribution in [0.4, 0.5) is 10.5 Å². The van der Waals surface area contributed by atoms with E-state index in [0.29, 0.717) is 12.6 Å². The SMILES string of the molecule is CC(=O)N1CC2(CCN(C3CCN(C(=O)OCC(C)(C)C)CC3)CC2)c2ccccc21. The van der Waals surface area contributed by atoms with E-state index < -0.39 is 0 Å². The molecule has 170 valence electrons. The van der Waals surface area contributed by atoms with Crippen LogP contribution >= 0.6 is 0 Å². The quantitative estimate of drug-likeness (QED) is 0.715. The molecule has 0 unspecified atom stereocenters. The summed E-state index contributed by atoms with van der Waals surface area (Å²) >= 11 is 0. The van der Waals surface area contributed by atoms with Crippen LogP contribution in [0, 0.1) is 5.41 Å². The molecule has 3 heterocycles. The highest BCUT2D eigenvalue weighted by molar-refractivity contribution is 5.94. The molecule has 6 heteroatoms. The zero-order valence-electron chi connectivity index (χ0n) is 19.5. The molecule has 1 aromatic rings. The van der Waals surface area contributed by atoms with E-state index in [-0.39, 0.29) is 22.8 Å². The first-order valence-corrected chi connectivity index (χ1v) is 11.7. The predicted octanol–water partition coefficient (Wildman–Crippen LogP) is 4.03. The van der Waals surface area contributed by atoms with Gasteiger partial charge in [-0.2, -0.15) is 0 Å². The lowest BCUT2D eigenvalue weighted by molar-refractivity contribution is -0.116. The van der Waals surface area contributed by atoms with Crippen molar-refractivity contribution in [2.45, 2.75) is 64.8 Å². The second-order valence-corrected chi connectivity index (χ2v) is 10.8. The minimum absolute atomic E-state index is 0.00539. The van der Waals surface area contributed by atoms with E-state index in [4.69, 9.17) is 4.74 Å². The number of rotatable bonds is 2. The van der Waals surface area contributed by atoms with E-state index in [1.54, 1.807) is 6.92 Å². The zero-order valence-corrected chi connectivity index (χ0v) is 19.5. The Labute approximate surface area is 186 Å². The molecule has 3 aliphatic rings. The Morgan fingerprint density at radius 2 is 1.71 bits per heavy atom. The number of ether oxygens (including phenoxy) is 1. The lowest BCUT2D eigenvalue weighted by Crippen LogP contribution is -2.52. The maximum Gasteiger partial charge on any atom is 0.409 e. The average Bonchev–Trinajstić information content (AvgIpc) is 3.07. The van der Waals surface area contributed by atoms with Crippen LogP contribution in [0.2, 0.25) is 0 Å². The summed E-state index contributed by atoms with van der Waals surface area (Å²) < 4.78 is 5.49. The van der Waals surface area contributed by atoms with Crippen molar-refractivity contribution in [1.29, 1.82) is 0 Å². The summed E-state index contributed by atoms with van der Waals surface area (Å²) in [6.07, 6.45) is 4.02. The molecule has 31 heavy (non-hydrogen) atoms. The highest BCUT2D eigenvalue weighted by Crippen LogP contribution is 2.47. The molecule has 6 nitrogen and oxygen atoms in total. The summed E-state index contributed by atoms with van der Waals surface area (Å²) in [4.78, 5) is 31.0. The summed E-state index contributed by atoms with van der Waals surface area (Å²) in [6, 6.07) is 8.97. The zero-order chi connectivity index (χ0) is 22.2. The summed E-state index contributed by atoms with van der Waals surface area (Å²) in [5.74, 6) is 0.137. The van der Waals surface area contributed by atoms with Gasteiger partial charge in [0.1, 0.15) is 0 Å². The van der Waals surface area contributed by atoms with Crippen LogP contribution in [0.25, 0.3) is 0 Å². The van der Waals surface area contributed by atoms with Crippen LogP contribution in [-0.4, -0.2) is 67.2 Å². The highest BCUT2D eigenvalue weighted by Gasteiger charge is 2.46. The average molecular weight is 428 g/mol. The van der Waals surface area contributed by atoms with Gasteiger partial charge in [0.2, 0.25) is 5.91 Å². The predicted molar refractivity (Wildman–Crippen MR) is 122 cm³/mol. The Bertz CT molecular complexity index is 816. The first kappa shape index (κ1) is 22.1. The number of piperidine rings is 2. The monoisotopic (exact) mass is 427 g/mol. The van der Waals surface area contributed by atoms with Crippen molar-refractivity contribution in [2.75, 3.05) is 44.2 Å². The van der Waals surface area contributed by atoms with E-state index in [9.17, 15) is 9.59 Å². The molecule has 0 bridgehead atoms. The molecule has 1 spiro atoms. The smallest absolute Gasteiger partial charge is 0.409 e. The number of fused-ring (bicyclic) bond motifs is 2. The first-order valence-electron chi connectivity index (χ1n) is 11.7. The van der Waals surface area contributed by atoms with Gasteiger partial charge in [0.15, 0.2) is 0 Å². The number of hydrogen-bond acceptors (Lipinski definition) is 4. The van der Waals surface area contributed by atoms with Gasteiger partial charge >= 0.3 is 6.09 Å². The first-order chi connectivity index (χ1) is 14.7. The van der Waals surface area contributed by atoms with E-state index in [1.165, 1.54) is 5.56 Å². The van der Waals surface area contributed by atoms with E-state index in [0.717, 1.165) is 64.1 Å². The van der Waals surface area contributed by atoms with Crippen LogP contribution in [0.3, 0.4) is 0 Å². The molecule has 0 N–H and O–H groups in total. The van der Waals surface area contributed by atoms with Gasteiger partial charge in [0.25, 0.3) is 0 Å². The van der Waals surface area contributed by atoms with Crippen molar-refractivity contribution in [1.82, 2.24) is 9.80 Å². The highest BCUT2D eigenvalue weighted by atomic mass is 16.6. The number of benzene rings is 1. The van der Waals surface area contributed by atoms with Crippen molar-refractivity contribution in [3.8, 4) is 0 Å². The van der Waals surface area contributed by atoms with Crippen LogP contribution in [0.5, 0.6) is 0 Å². The summed E-state index contributed by atoms with van der Waals surface area (Å²) in [5, 5.41) is 0. The van der Waals surface area contributed by atoms with Crippen molar-refractivity contribution in [2.24, 2.45) is 5.41 Å². The molecule has 2 fully saturated rings. The second-order valence-electron chi connectivity index (χ2n) is 10.8. The standard InChI is InChI=1S/C25H37N3O3/c1-19(29)28-17-25(21-7-5-6-8-22(21)28)11-15-26(16-12-25)20-9-13-27(14-10-20)23(30)31-18-24(2,3)4/h5-8,20H,9-18H2,1-4H3. The van der Waals surface area contributed by atoms with Gasteiger partial charge in [0.05, 0.1) is 6.61 Å². The Hall–Kier alpha value is -2.08. The number of likely N-dealkylation sites (tertiary alicyclic amines) is 2. The minimum Gasteiger partial charge on any atom is -0.449 e. The van der Waals surface area contributed by atoms with Crippen molar-refractivity contribution in [3.05, 3.63) is 29.8 Å². The summed E-state index contributed by atoms with van der Waals surface area (Å²) in [5.41, 5.74) is 2.54. The molecule has 0 aliphatic carbocycles. The Kier molecular flexibility index (Phi) is 6.03. The molecule has 2 saturated heterocycles. The molecule has 0 atom stereocenters. The van der Waals surface area contributed by atoms with Crippen LogP contribution in [0.15, 0.2) is 24.3 Å². The largest absolute Gasteiger partial charge is 0.449 e. The van der Waals surface area contributed by atoms with Crippen molar-refractivity contribution < 1.29 is 14.3 Å². The van der Waals surface area contributed by atoms with Crippen LogP contribution in [0.1, 0.15) is 58.9 Å². The Balaban J connectivity index is 1.32. The maximum atomic E-state index is 12.4. The Morgan fingerprint density at radius 1 is 1.06 bits per heavy atom. The van der Waals surface area contributed by atoms with Crippen molar-refractivity contribution >= 4 is 17.7 Å². The van der Waals surface area contributed by atoms with E-state index in [1.807, 2.05) is 15.9 Å². The van der Waals surface area contributed by atoms with Crippen LogP contribution < -0.4 is 4.90 Å². The van der Waals surface area contributed by atoms with Gasteiger partial charge in [-0.3, -0.25) is 4.79 Å². The fourth-order valence-electron chi connectivity index (χ4n) is 5.44. The van der Waals surface area contributed by atoms with Crippen molar-refractivity contribution in [3.63, 3.8) is 0 Å². The molecule has 0 radical (unpaired) electrons. The number of carbonyl (C=O) groups excluding carboxylic acids is 2. The molecule has 3 aliphatic heterocycles. The fraction of sp³-hybridized carbons (Fsp3) is 0.680. The topological polar surface area (TPSA) is 53.1 Å². The number of carbonyl (C=O) groups is 2. The number of amides is 2. The number of hydrogen-bond donors (Lipinski definition) is 0. The summed E-state index contributed by atoms with van der Waals surface area (Å²) in [7, 11) is 0. The molecule has 0 aromatic heterocycles. The number of nitrogens with zero attached hydrogens (tertiary/aromatic N) is 3. The molecular formula is C25H37N3O3. The molecule has 4 rings (SSSR count). The molecular weight excluding hydrogens is 390 g/mol. The van der Waals surface area contributed by atoms with Crippen LogP contribution in [-0.2, 0) is 14.9 Å². The third kappa shape index (κ3) is 4.59. The summed E-state index contributed by atoms with van der Waals surface area (Å²) in [6.45, 7) is 12.8. The fourth-order valence-corrected chi connectivity index (χ4v) is 5.44. The lowest BCUT2D eigenvalue weighted by atomic mass is 9.74. The Morgan fingerprint density at radius 3 is 2.32 bits per heavy atom. The maximum absolute atomic E-state index is 12.4. The van der Waals surface area contributed by atoms with Gasteiger partial charge in [-0.25, -0.2) is 4.79 Å².